The molecule has 0 bridgehead atoms. The number of carboxylic acids is 1. The minimum Gasteiger partial charge on any atom is -0.508 e. The number of hydrogen-bond donors (Lipinski definition) is 3. The number of rotatable bonds is 5. The number of benzene rings is 1. The lowest BCUT2D eigenvalue weighted by Crippen LogP contribution is -2.14. The van der Waals surface area contributed by atoms with E-state index in [1.807, 2.05) is 19.0 Å². The molecule has 1 rings (SSSR count). The average molecular weight is 238 g/mol. The number of carboxylic acid groups (broad SMARTS) is 1. The summed E-state index contributed by atoms with van der Waals surface area (Å²) in [6.45, 7) is 0. The summed E-state index contributed by atoms with van der Waals surface area (Å²) in [5.41, 5.74) is 7.37. The van der Waals surface area contributed by atoms with E-state index in [0.29, 0.717) is 12.0 Å². The maximum absolute atomic E-state index is 10.5. The lowest BCUT2D eigenvalue weighted by molar-refractivity contribution is -0.137. The fraction of sp³-hybridized carbons (Fsp3) is 0.417. The Bertz CT molecular complexity index is 405. The van der Waals surface area contributed by atoms with Crippen molar-refractivity contribution >= 4 is 11.7 Å². The molecule has 1 atom stereocenters. The highest BCUT2D eigenvalue weighted by Crippen LogP contribution is 2.29. The molecule has 0 aliphatic heterocycles. The summed E-state index contributed by atoms with van der Waals surface area (Å²) >= 11 is 0. The number of aromatic hydroxyl groups is 1. The van der Waals surface area contributed by atoms with Gasteiger partial charge in [-0.3, -0.25) is 4.79 Å². The maximum atomic E-state index is 10.5. The van der Waals surface area contributed by atoms with Crippen LogP contribution in [0.4, 0.5) is 5.69 Å². The van der Waals surface area contributed by atoms with Crippen molar-refractivity contribution < 1.29 is 15.0 Å². The molecule has 0 heterocycles. The van der Waals surface area contributed by atoms with E-state index >= 15 is 0 Å². The third kappa shape index (κ3) is 3.64. The van der Waals surface area contributed by atoms with E-state index in [0.717, 1.165) is 5.69 Å². The predicted octanol–water partition coefficient (Wildman–Crippen LogP) is 1.32. The van der Waals surface area contributed by atoms with Crippen LogP contribution in [0.15, 0.2) is 18.2 Å². The third-order valence-corrected chi connectivity index (χ3v) is 2.60. The van der Waals surface area contributed by atoms with Crippen molar-refractivity contribution in [3.63, 3.8) is 0 Å². The molecule has 0 aromatic heterocycles. The summed E-state index contributed by atoms with van der Waals surface area (Å²) in [6, 6.07) is 4.67. The lowest BCUT2D eigenvalue weighted by Gasteiger charge is -2.18. The van der Waals surface area contributed by atoms with E-state index < -0.39 is 12.0 Å². The number of anilines is 1. The minimum atomic E-state index is -0.885. The Kier molecular flexibility index (Phi) is 4.34. The zero-order valence-electron chi connectivity index (χ0n) is 10.1. The lowest BCUT2D eigenvalue weighted by atomic mass is 10.0. The summed E-state index contributed by atoms with van der Waals surface area (Å²) < 4.78 is 0. The summed E-state index contributed by atoms with van der Waals surface area (Å²) in [7, 11) is 3.78. The molecule has 1 aromatic carbocycles. The normalized spacial score (nSPS) is 12.2. The monoisotopic (exact) mass is 238 g/mol. The van der Waals surface area contributed by atoms with E-state index in [-0.39, 0.29) is 12.2 Å². The van der Waals surface area contributed by atoms with Gasteiger partial charge in [-0.25, -0.2) is 0 Å². The molecule has 5 heteroatoms. The predicted molar refractivity (Wildman–Crippen MR) is 66.2 cm³/mol. The molecule has 0 fully saturated rings. The number of aliphatic carboxylic acids is 1. The largest absolute Gasteiger partial charge is 0.508 e. The molecule has 0 spiro atoms. The van der Waals surface area contributed by atoms with Gasteiger partial charge in [0.1, 0.15) is 5.75 Å². The van der Waals surface area contributed by atoms with Crippen LogP contribution in [0.1, 0.15) is 24.4 Å². The standard InChI is InChI=1S/C12H18N2O3/c1-14(2)8-3-5-11(15)9(7-8)10(13)4-6-12(16)17/h3,5,7,10,15H,4,6,13H2,1-2H3,(H,16,17). The molecule has 17 heavy (non-hydrogen) atoms. The minimum absolute atomic E-state index is 0.00714. The van der Waals surface area contributed by atoms with Crippen LogP contribution in [0.25, 0.3) is 0 Å². The quantitative estimate of drug-likeness (QED) is 0.720. The molecule has 5 nitrogen and oxygen atoms in total. The van der Waals surface area contributed by atoms with Gasteiger partial charge in [-0.1, -0.05) is 0 Å². The van der Waals surface area contributed by atoms with Crippen LogP contribution in [-0.4, -0.2) is 30.3 Å². The molecule has 0 saturated carbocycles. The molecular weight excluding hydrogens is 220 g/mol. The molecule has 0 radical (unpaired) electrons. The first-order valence-electron chi connectivity index (χ1n) is 5.39. The number of nitrogens with zero attached hydrogens (tertiary/aromatic N) is 1. The van der Waals surface area contributed by atoms with Crippen molar-refractivity contribution in [1.82, 2.24) is 0 Å². The molecule has 4 N–H and O–H groups in total. The van der Waals surface area contributed by atoms with Crippen LogP contribution in [0.3, 0.4) is 0 Å². The highest BCUT2D eigenvalue weighted by atomic mass is 16.4. The molecular formula is C12H18N2O3. The fourth-order valence-corrected chi connectivity index (χ4v) is 1.55. The van der Waals surface area contributed by atoms with Crippen LogP contribution in [0.5, 0.6) is 5.75 Å². The number of phenols is 1. The van der Waals surface area contributed by atoms with Gasteiger partial charge in [0, 0.05) is 37.8 Å². The van der Waals surface area contributed by atoms with Gasteiger partial charge in [0.05, 0.1) is 0 Å². The first-order chi connectivity index (χ1) is 7.91. The van der Waals surface area contributed by atoms with Crippen molar-refractivity contribution in [3.8, 4) is 5.75 Å². The van der Waals surface area contributed by atoms with Gasteiger partial charge < -0.3 is 20.8 Å². The van der Waals surface area contributed by atoms with Crippen molar-refractivity contribution in [3.05, 3.63) is 23.8 Å². The fourth-order valence-electron chi connectivity index (χ4n) is 1.55. The Labute approximate surface area is 100 Å². The van der Waals surface area contributed by atoms with E-state index in [1.165, 1.54) is 0 Å². The molecule has 0 aliphatic rings. The third-order valence-electron chi connectivity index (χ3n) is 2.60. The van der Waals surface area contributed by atoms with Crippen LogP contribution in [-0.2, 0) is 4.79 Å². The number of nitrogens with two attached hydrogens (primary N) is 1. The van der Waals surface area contributed by atoms with E-state index in [1.54, 1.807) is 18.2 Å². The van der Waals surface area contributed by atoms with Gasteiger partial charge in [0.2, 0.25) is 0 Å². The smallest absolute Gasteiger partial charge is 0.303 e. The SMILES string of the molecule is CN(C)c1ccc(O)c(C(N)CCC(=O)O)c1. The Balaban J connectivity index is 2.87. The van der Waals surface area contributed by atoms with Crippen molar-refractivity contribution in [2.75, 3.05) is 19.0 Å². The van der Waals surface area contributed by atoms with Crippen molar-refractivity contribution in [2.45, 2.75) is 18.9 Å². The maximum Gasteiger partial charge on any atom is 0.303 e. The summed E-state index contributed by atoms with van der Waals surface area (Å²) in [4.78, 5) is 12.4. The Morgan fingerprint density at radius 1 is 1.47 bits per heavy atom. The van der Waals surface area contributed by atoms with Gasteiger partial charge in [-0.2, -0.15) is 0 Å². The Morgan fingerprint density at radius 2 is 2.12 bits per heavy atom. The van der Waals surface area contributed by atoms with Gasteiger partial charge >= 0.3 is 5.97 Å². The van der Waals surface area contributed by atoms with Crippen LogP contribution in [0.2, 0.25) is 0 Å². The van der Waals surface area contributed by atoms with E-state index in [4.69, 9.17) is 10.8 Å². The summed E-state index contributed by atoms with van der Waals surface area (Å²) in [6.07, 6.45) is 0.298. The average Bonchev–Trinajstić information content (AvgIpc) is 2.26. The second-order valence-electron chi connectivity index (χ2n) is 4.18. The summed E-state index contributed by atoms with van der Waals surface area (Å²) in [5, 5.41) is 18.3. The number of hydrogen-bond acceptors (Lipinski definition) is 4. The molecule has 1 aromatic rings. The number of phenolic OH excluding ortho intramolecular Hbond substituents is 1. The van der Waals surface area contributed by atoms with Gasteiger partial charge in [0.15, 0.2) is 0 Å². The zero-order chi connectivity index (χ0) is 13.0. The Morgan fingerprint density at radius 3 is 2.65 bits per heavy atom. The van der Waals surface area contributed by atoms with Crippen molar-refractivity contribution in [2.24, 2.45) is 5.73 Å². The summed E-state index contributed by atoms with van der Waals surface area (Å²) in [5.74, 6) is -0.780. The topological polar surface area (TPSA) is 86.8 Å². The highest BCUT2D eigenvalue weighted by Gasteiger charge is 2.13. The van der Waals surface area contributed by atoms with Gasteiger partial charge in [-0.15, -0.1) is 0 Å². The van der Waals surface area contributed by atoms with E-state index in [9.17, 15) is 9.90 Å². The molecule has 0 saturated heterocycles. The van der Waals surface area contributed by atoms with Crippen LogP contribution < -0.4 is 10.6 Å². The van der Waals surface area contributed by atoms with Gasteiger partial charge in [0.25, 0.3) is 0 Å². The van der Waals surface area contributed by atoms with Crippen molar-refractivity contribution in [1.29, 1.82) is 0 Å². The van der Waals surface area contributed by atoms with Crippen LogP contribution >= 0.6 is 0 Å². The Hall–Kier alpha value is -1.75. The van der Waals surface area contributed by atoms with Crippen LogP contribution in [0, 0.1) is 0 Å². The first-order valence-corrected chi connectivity index (χ1v) is 5.39. The number of carbonyl (C=O) groups is 1. The molecule has 1 unspecified atom stereocenters. The molecule has 94 valence electrons. The van der Waals surface area contributed by atoms with E-state index in [2.05, 4.69) is 0 Å². The molecule has 0 amide bonds. The first kappa shape index (κ1) is 13.3. The second kappa shape index (κ2) is 5.54. The van der Waals surface area contributed by atoms with Gasteiger partial charge in [-0.05, 0) is 24.6 Å². The zero-order valence-corrected chi connectivity index (χ0v) is 10.1. The highest BCUT2D eigenvalue weighted by molar-refractivity contribution is 5.66. The second-order valence-corrected chi connectivity index (χ2v) is 4.18. The molecule has 0 aliphatic carbocycles.